The molecule has 0 amide bonds. The number of rotatable bonds is 3. The molecule has 0 unspecified atom stereocenters. The quantitative estimate of drug-likeness (QED) is 0.686. The fourth-order valence-corrected chi connectivity index (χ4v) is 1.66. The summed E-state index contributed by atoms with van der Waals surface area (Å²) in [7, 11) is 0. The first-order chi connectivity index (χ1) is 8.43. The maximum atomic E-state index is 5.74. The van der Waals surface area contributed by atoms with Gasteiger partial charge in [0.2, 0.25) is 0 Å². The molecule has 0 saturated heterocycles. The van der Waals surface area contributed by atoms with Gasteiger partial charge in [-0.15, -0.1) is 0 Å². The van der Waals surface area contributed by atoms with Crippen LogP contribution in [0.4, 0.5) is 0 Å². The first-order valence-electron chi connectivity index (χ1n) is 5.38. The lowest BCUT2D eigenvalue weighted by Crippen LogP contribution is -1.98. The molecule has 84 valence electrons. The minimum atomic E-state index is 0.535. The molecule has 0 atom stereocenters. The number of fused-ring (bicyclic) bond motifs is 1. The van der Waals surface area contributed by atoms with Gasteiger partial charge in [-0.1, -0.05) is 30.3 Å². The van der Waals surface area contributed by atoms with Gasteiger partial charge in [0.1, 0.15) is 6.61 Å². The van der Waals surface area contributed by atoms with Crippen LogP contribution >= 0.6 is 0 Å². The van der Waals surface area contributed by atoms with E-state index in [2.05, 4.69) is 10.1 Å². The maximum absolute atomic E-state index is 5.74. The van der Waals surface area contributed by atoms with Crippen molar-refractivity contribution in [3.63, 3.8) is 0 Å². The van der Waals surface area contributed by atoms with Crippen molar-refractivity contribution in [3.8, 4) is 5.75 Å². The monoisotopic (exact) mass is 225 g/mol. The molecule has 3 rings (SSSR count). The molecule has 4 heteroatoms. The second kappa shape index (κ2) is 4.25. The average molecular weight is 225 g/mol. The third-order valence-corrected chi connectivity index (χ3v) is 2.50. The third kappa shape index (κ3) is 1.97. The van der Waals surface area contributed by atoms with Crippen molar-refractivity contribution in [1.29, 1.82) is 0 Å². The lowest BCUT2D eigenvalue weighted by atomic mass is 10.2. The third-order valence-electron chi connectivity index (χ3n) is 2.50. The molecule has 0 saturated carbocycles. The van der Waals surface area contributed by atoms with Gasteiger partial charge < -0.3 is 4.74 Å². The molecular formula is C13H11N3O. The fraction of sp³-hybridized carbons (Fsp3) is 0.0769. The van der Waals surface area contributed by atoms with Crippen LogP contribution in [0.25, 0.3) is 5.65 Å². The SMILES string of the molecule is c1ccc(COc2ccnn3ccnc23)cc1. The van der Waals surface area contributed by atoms with E-state index in [1.54, 1.807) is 23.1 Å². The minimum Gasteiger partial charge on any atom is -0.485 e. The second-order valence-electron chi connectivity index (χ2n) is 3.67. The molecule has 17 heavy (non-hydrogen) atoms. The zero-order valence-electron chi connectivity index (χ0n) is 9.15. The molecule has 4 nitrogen and oxygen atoms in total. The fourth-order valence-electron chi connectivity index (χ4n) is 1.66. The zero-order chi connectivity index (χ0) is 11.5. The summed E-state index contributed by atoms with van der Waals surface area (Å²) in [6, 6.07) is 11.9. The summed E-state index contributed by atoms with van der Waals surface area (Å²) in [5.41, 5.74) is 1.87. The summed E-state index contributed by atoms with van der Waals surface area (Å²) in [6.45, 7) is 0.535. The first-order valence-corrected chi connectivity index (χ1v) is 5.38. The first kappa shape index (κ1) is 9.84. The van der Waals surface area contributed by atoms with Crippen LogP contribution in [0, 0.1) is 0 Å². The van der Waals surface area contributed by atoms with E-state index in [1.165, 1.54) is 0 Å². The van der Waals surface area contributed by atoms with Gasteiger partial charge in [0.15, 0.2) is 11.4 Å². The lowest BCUT2D eigenvalue weighted by molar-refractivity contribution is 0.307. The molecule has 0 aliphatic rings. The highest BCUT2D eigenvalue weighted by atomic mass is 16.5. The Morgan fingerprint density at radius 3 is 2.82 bits per heavy atom. The van der Waals surface area contributed by atoms with Crippen LogP contribution in [0.5, 0.6) is 5.75 Å². The molecule has 2 aromatic heterocycles. The largest absolute Gasteiger partial charge is 0.485 e. The minimum absolute atomic E-state index is 0.535. The van der Waals surface area contributed by atoms with E-state index < -0.39 is 0 Å². The van der Waals surface area contributed by atoms with Crippen LogP contribution in [0.1, 0.15) is 5.56 Å². The molecular weight excluding hydrogens is 214 g/mol. The second-order valence-corrected chi connectivity index (χ2v) is 3.67. The number of imidazole rings is 1. The average Bonchev–Trinajstić information content (AvgIpc) is 2.86. The van der Waals surface area contributed by atoms with Gasteiger partial charge in [-0.25, -0.2) is 9.50 Å². The Hall–Kier alpha value is -2.36. The van der Waals surface area contributed by atoms with E-state index in [4.69, 9.17) is 4.74 Å². The maximum Gasteiger partial charge on any atom is 0.196 e. The Labute approximate surface area is 98.5 Å². The van der Waals surface area contributed by atoms with Gasteiger partial charge in [0, 0.05) is 18.5 Å². The number of ether oxygens (including phenoxy) is 1. The molecule has 2 heterocycles. The Morgan fingerprint density at radius 1 is 1.06 bits per heavy atom. The molecule has 0 aliphatic heterocycles. The van der Waals surface area contributed by atoms with E-state index in [-0.39, 0.29) is 0 Å². The molecule has 0 spiro atoms. The van der Waals surface area contributed by atoms with Crippen LogP contribution in [0.15, 0.2) is 55.0 Å². The van der Waals surface area contributed by atoms with Gasteiger partial charge in [0.05, 0.1) is 6.20 Å². The summed E-state index contributed by atoms with van der Waals surface area (Å²) in [4.78, 5) is 4.21. The number of benzene rings is 1. The van der Waals surface area contributed by atoms with Crippen LogP contribution in [-0.4, -0.2) is 14.6 Å². The molecule has 0 aliphatic carbocycles. The van der Waals surface area contributed by atoms with Crippen LogP contribution in [0.2, 0.25) is 0 Å². The number of hydrogen-bond donors (Lipinski definition) is 0. The summed E-state index contributed by atoms with van der Waals surface area (Å²) in [5.74, 6) is 0.744. The van der Waals surface area contributed by atoms with Crippen molar-refractivity contribution in [2.24, 2.45) is 0 Å². The molecule has 0 N–H and O–H groups in total. The summed E-state index contributed by atoms with van der Waals surface area (Å²) in [5, 5.41) is 4.13. The summed E-state index contributed by atoms with van der Waals surface area (Å²) >= 11 is 0. The van der Waals surface area contributed by atoms with Crippen molar-refractivity contribution in [2.45, 2.75) is 6.61 Å². The van der Waals surface area contributed by atoms with Crippen molar-refractivity contribution < 1.29 is 4.74 Å². The summed E-state index contributed by atoms with van der Waals surface area (Å²) < 4.78 is 7.44. The van der Waals surface area contributed by atoms with Crippen molar-refractivity contribution >= 4 is 5.65 Å². The lowest BCUT2D eigenvalue weighted by Gasteiger charge is -2.06. The van der Waals surface area contributed by atoms with E-state index in [9.17, 15) is 0 Å². The Balaban J connectivity index is 1.84. The Morgan fingerprint density at radius 2 is 1.94 bits per heavy atom. The van der Waals surface area contributed by atoms with Crippen LogP contribution in [-0.2, 0) is 6.61 Å². The van der Waals surface area contributed by atoms with Crippen LogP contribution < -0.4 is 4.74 Å². The summed E-state index contributed by atoms with van der Waals surface area (Å²) in [6.07, 6.45) is 5.21. The normalized spacial score (nSPS) is 10.6. The van der Waals surface area contributed by atoms with Crippen molar-refractivity contribution in [2.75, 3.05) is 0 Å². The van der Waals surface area contributed by atoms with Crippen molar-refractivity contribution in [1.82, 2.24) is 14.6 Å². The molecule has 0 radical (unpaired) electrons. The molecule has 1 aromatic carbocycles. The highest BCUT2D eigenvalue weighted by Crippen LogP contribution is 2.17. The van der Waals surface area contributed by atoms with Crippen molar-refractivity contribution in [3.05, 3.63) is 60.6 Å². The Bertz CT molecular complexity index is 619. The Kier molecular flexibility index (Phi) is 2.46. The topological polar surface area (TPSA) is 39.4 Å². The molecule has 3 aromatic rings. The van der Waals surface area contributed by atoms with Gasteiger partial charge >= 0.3 is 0 Å². The van der Waals surface area contributed by atoms with E-state index in [1.807, 2.05) is 36.4 Å². The smallest absolute Gasteiger partial charge is 0.196 e. The number of aromatic nitrogens is 3. The van der Waals surface area contributed by atoms with E-state index in [0.29, 0.717) is 6.61 Å². The number of hydrogen-bond acceptors (Lipinski definition) is 3. The van der Waals surface area contributed by atoms with Gasteiger partial charge in [-0.2, -0.15) is 5.10 Å². The van der Waals surface area contributed by atoms with Gasteiger partial charge in [-0.05, 0) is 5.56 Å². The zero-order valence-corrected chi connectivity index (χ0v) is 9.15. The highest BCUT2D eigenvalue weighted by molar-refractivity contribution is 5.51. The predicted octanol–water partition coefficient (Wildman–Crippen LogP) is 2.31. The van der Waals surface area contributed by atoms with Gasteiger partial charge in [-0.3, -0.25) is 0 Å². The number of nitrogens with zero attached hydrogens (tertiary/aromatic N) is 3. The molecule has 0 fully saturated rings. The van der Waals surface area contributed by atoms with Crippen LogP contribution in [0.3, 0.4) is 0 Å². The van der Waals surface area contributed by atoms with E-state index >= 15 is 0 Å². The standard InChI is InChI=1S/C13H11N3O/c1-2-4-11(5-3-1)10-17-12-6-7-15-16-9-8-14-13(12)16/h1-9H,10H2. The predicted molar refractivity (Wildman–Crippen MR) is 63.8 cm³/mol. The highest BCUT2D eigenvalue weighted by Gasteiger charge is 2.03. The van der Waals surface area contributed by atoms with E-state index in [0.717, 1.165) is 17.0 Å². The molecule has 0 bridgehead atoms. The van der Waals surface area contributed by atoms with Gasteiger partial charge in [0.25, 0.3) is 0 Å².